The molecule has 0 aliphatic carbocycles. The quantitative estimate of drug-likeness (QED) is 0.133. The molecule has 4 aromatic carbocycles. The molecule has 0 aliphatic rings. The first-order valence-electron chi connectivity index (χ1n) is 16.7. The standard InChI is InChI=1S/C39H48N6O4/c1-26(41)30-16-11-17-32(25-30)38(48)45(3)35(24-28-19-20-29-14-7-8-15-31(29)22-28)39(49)44(2)34(23-27-12-5-4-6-13-27)37(47)43-33(36(42)46)18-9-10-21-40/h4-8,11-17,19-20,22,25-26,33-35H,9-10,18,21,23-24,40-41H2,1-3H3,(H2,42,46)(H,43,47)/t26-,33+,34-,35-/m1/s1. The first-order valence-corrected chi connectivity index (χ1v) is 16.7. The topological polar surface area (TPSA) is 165 Å². The van der Waals surface area contributed by atoms with Crippen molar-refractivity contribution in [2.24, 2.45) is 17.2 Å². The van der Waals surface area contributed by atoms with Crippen LogP contribution in [0, 0.1) is 0 Å². The van der Waals surface area contributed by atoms with Gasteiger partial charge in [-0.3, -0.25) is 19.2 Å². The Hall–Kier alpha value is -5.06. The van der Waals surface area contributed by atoms with Crippen molar-refractivity contribution in [3.8, 4) is 0 Å². The van der Waals surface area contributed by atoms with Crippen LogP contribution in [-0.4, -0.2) is 72.2 Å². The molecule has 4 amide bonds. The Morgan fingerprint density at radius 1 is 0.735 bits per heavy atom. The van der Waals surface area contributed by atoms with Crippen LogP contribution >= 0.6 is 0 Å². The lowest BCUT2D eigenvalue weighted by molar-refractivity contribution is -0.142. The number of rotatable bonds is 16. The highest BCUT2D eigenvalue weighted by molar-refractivity contribution is 5.99. The number of benzene rings is 4. The van der Waals surface area contributed by atoms with Gasteiger partial charge in [-0.2, -0.15) is 0 Å². The molecule has 0 saturated carbocycles. The summed E-state index contributed by atoms with van der Waals surface area (Å²) in [6.45, 7) is 2.29. The van der Waals surface area contributed by atoms with Gasteiger partial charge in [0.1, 0.15) is 18.1 Å². The van der Waals surface area contributed by atoms with Gasteiger partial charge in [0.05, 0.1) is 0 Å². The number of hydrogen-bond acceptors (Lipinski definition) is 6. The summed E-state index contributed by atoms with van der Waals surface area (Å²) >= 11 is 0. The first kappa shape index (κ1) is 36.8. The molecule has 0 radical (unpaired) electrons. The Bertz CT molecular complexity index is 1740. The van der Waals surface area contributed by atoms with Gasteiger partial charge in [0.25, 0.3) is 5.91 Å². The number of unbranched alkanes of at least 4 members (excludes halogenated alkanes) is 1. The summed E-state index contributed by atoms with van der Waals surface area (Å²) in [4.78, 5) is 57.8. The highest BCUT2D eigenvalue weighted by Gasteiger charge is 2.36. The molecule has 258 valence electrons. The SMILES string of the molecule is C[C@@H](N)c1cccc(C(=O)N(C)[C@H](Cc2ccc3ccccc3c2)C(=O)N(C)[C@H](Cc2ccccc2)C(=O)N[C@@H](CCCCN)C(N)=O)c1. The van der Waals surface area contributed by atoms with E-state index >= 15 is 0 Å². The number of carbonyl (C=O) groups excluding carboxylic acids is 4. The maximum absolute atomic E-state index is 14.7. The van der Waals surface area contributed by atoms with Crippen molar-refractivity contribution in [3.63, 3.8) is 0 Å². The number of amides is 4. The third-order valence-corrected chi connectivity index (χ3v) is 8.97. The van der Waals surface area contributed by atoms with Crippen molar-refractivity contribution >= 4 is 34.4 Å². The summed E-state index contributed by atoms with van der Waals surface area (Å²) in [7, 11) is 3.16. The van der Waals surface area contributed by atoms with E-state index in [1.165, 1.54) is 9.80 Å². The molecule has 4 rings (SSSR count). The molecular formula is C39H48N6O4. The summed E-state index contributed by atoms with van der Waals surface area (Å²) in [5, 5.41) is 4.85. The smallest absolute Gasteiger partial charge is 0.254 e. The second kappa shape index (κ2) is 17.4. The average molecular weight is 665 g/mol. The van der Waals surface area contributed by atoms with Crippen LogP contribution in [0.1, 0.15) is 59.3 Å². The highest BCUT2D eigenvalue weighted by atomic mass is 16.2. The molecule has 0 saturated heterocycles. The molecule has 49 heavy (non-hydrogen) atoms. The minimum atomic E-state index is -1.00. The monoisotopic (exact) mass is 664 g/mol. The van der Waals surface area contributed by atoms with E-state index in [4.69, 9.17) is 17.2 Å². The zero-order chi connectivity index (χ0) is 35.5. The lowest BCUT2D eigenvalue weighted by atomic mass is 9.97. The van der Waals surface area contributed by atoms with Crippen LogP contribution in [0.5, 0.6) is 0 Å². The van der Waals surface area contributed by atoms with E-state index in [1.807, 2.05) is 85.8 Å². The maximum atomic E-state index is 14.7. The van der Waals surface area contributed by atoms with Gasteiger partial charge in [0, 0.05) is 38.5 Å². The predicted molar refractivity (Wildman–Crippen MR) is 193 cm³/mol. The molecule has 0 bridgehead atoms. The molecular weight excluding hydrogens is 616 g/mol. The molecule has 0 fully saturated rings. The van der Waals surface area contributed by atoms with Gasteiger partial charge >= 0.3 is 0 Å². The van der Waals surface area contributed by atoms with E-state index in [2.05, 4.69) is 5.32 Å². The third kappa shape index (κ3) is 9.74. The number of hydrogen-bond donors (Lipinski definition) is 4. The van der Waals surface area contributed by atoms with Crippen molar-refractivity contribution in [2.45, 2.75) is 63.2 Å². The van der Waals surface area contributed by atoms with Gasteiger partial charge in [-0.1, -0.05) is 84.9 Å². The fraction of sp³-hybridized carbons (Fsp3) is 0.333. The summed E-state index contributed by atoms with van der Waals surface area (Å²) in [6.07, 6.45) is 1.99. The molecule has 0 aromatic heterocycles. The number of nitrogens with two attached hydrogens (primary N) is 3. The number of fused-ring (bicyclic) bond motifs is 1. The Labute approximate surface area is 288 Å². The lowest BCUT2D eigenvalue weighted by Gasteiger charge is -2.35. The van der Waals surface area contributed by atoms with E-state index in [-0.39, 0.29) is 24.8 Å². The molecule has 0 spiro atoms. The van der Waals surface area contributed by atoms with Crippen LogP contribution in [-0.2, 0) is 27.2 Å². The van der Waals surface area contributed by atoms with Gasteiger partial charge in [0.15, 0.2) is 0 Å². The normalized spacial score (nSPS) is 13.6. The molecule has 0 heterocycles. The molecule has 4 atom stereocenters. The molecule has 10 nitrogen and oxygen atoms in total. The molecule has 10 heteroatoms. The number of likely N-dealkylation sites (N-methyl/N-ethyl adjacent to an activating group) is 2. The first-order chi connectivity index (χ1) is 23.5. The number of carbonyl (C=O) groups is 4. The van der Waals surface area contributed by atoms with Crippen molar-refractivity contribution in [1.82, 2.24) is 15.1 Å². The Morgan fingerprint density at radius 2 is 1.41 bits per heavy atom. The number of nitrogens with one attached hydrogen (secondary N) is 1. The van der Waals surface area contributed by atoms with Gasteiger partial charge in [-0.05, 0) is 72.3 Å². The van der Waals surface area contributed by atoms with Gasteiger partial charge in [-0.15, -0.1) is 0 Å². The predicted octanol–water partition coefficient (Wildman–Crippen LogP) is 3.71. The zero-order valence-electron chi connectivity index (χ0n) is 28.5. The summed E-state index contributed by atoms with van der Waals surface area (Å²) < 4.78 is 0. The van der Waals surface area contributed by atoms with Crippen LogP contribution < -0.4 is 22.5 Å². The molecule has 4 aromatic rings. The van der Waals surface area contributed by atoms with Crippen molar-refractivity contribution < 1.29 is 19.2 Å². The Morgan fingerprint density at radius 3 is 2.08 bits per heavy atom. The molecule has 7 N–H and O–H groups in total. The fourth-order valence-electron chi connectivity index (χ4n) is 5.96. The Kier molecular flexibility index (Phi) is 13.0. The van der Waals surface area contributed by atoms with Gasteiger partial charge < -0.3 is 32.3 Å². The van der Waals surface area contributed by atoms with E-state index < -0.39 is 35.8 Å². The minimum absolute atomic E-state index is 0.181. The fourth-order valence-corrected chi connectivity index (χ4v) is 5.96. The number of nitrogens with zero attached hydrogens (tertiary/aromatic N) is 2. The van der Waals surface area contributed by atoms with Gasteiger partial charge in [-0.25, -0.2) is 0 Å². The molecule has 0 aliphatic heterocycles. The largest absolute Gasteiger partial charge is 0.368 e. The van der Waals surface area contributed by atoms with Crippen LogP contribution in [0.15, 0.2) is 97.1 Å². The van der Waals surface area contributed by atoms with Crippen LogP contribution in [0.3, 0.4) is 0 Å². The van der Waals surface area contributed by atoms with Gasteiger partial charge in [0.2, 0.25) is 17.7 Å². The second-order valence-corrected chi connectivity index (χ2v) is 12.6. The minimum Gasteiger partial charge on any atom is -0.368 e. The Balaban J connectivity index is 1.71. The van der Waals surface area contributed by atoms with E-state index in [0.29, 0.717) is 31.4 Å². The van der Waals surface area contributed by atoms with Crippen LogP contribution in [0.25, 0.3) is 10.8 Å². The highest BCUT2D eigenvalue weighted by Crippen LogP contribution is 2.22. The third-order valence-electron chi connectivity index (χ3n) is 8.97. The van der Waals surface area contributed by atoms with Crippen LogP contribution in [0.2, 0.25) is 0 Å². The summed E-state index contributed by atoms with van der Waals surface area (Å²) in [6, 6.07) is 27.1. The zero-order valence-corrected chi connectivity index (χ0v) is 28.5. The van der Waals surface area contributed by atoms with Crippen molar-refractivity contribution in [2.75, 3.05) is 20.6 Å². The maximum Gasteiger partial charge on any atom is 0.254 e. The molecule has 0 unspecified atom stereocenters. The van der Waals surface area contributed by atoms with Crippen molar-refractivity contribution in [3.05, 3.63) is 119 Å². The van der Waals surface area contributed by atoms with Crippen LogP contribution in [0.4, 0.5) is 0 Å². The summed E-state index contributed by atoms with van der Waals surface area (Å²) in [5.41, 5.74) is 20.3. The van der Waals surface area contributed by atoms with E-state index in [0.717, 1.165) is 27.5 Å². The summed E-state index contributed by atoms with van der Waals surface area (Å²) in [5.74, 6) is -1.96. The van der Waals surface area contributed by atoms with Crippen molar-refractivity contribution in [1.29, 1.82) is 0 Å². The average Bonchev–Trinajstić information content (AvgIpc) is 3.11. The second-order valence-electron chi connectivity index (χ2n) is 12.6. The number of primary amides is 1. The van der Waals surface area contributed by atoms with E-state index in [9.17, 15) is 19.2 Å². The van der Waals surface area contributed by atoms with E-state index in [1.54, 1.807) is 32.3 Å². The lowest BCUT2D eigenvalue weighted by Crippen LogP contribution is -2.58.